The Balaban J connectivity index is 1.83. The van der Waals surface area contributed by atoms with E-state index >= 15 is 0 Å². The fraction of sp³-hybridized carbons (Fsp3) is 0.167. The van der Waals surface area contributed by atoms with E-state index in [1.807, 2.05) is 0 Å². The fourth-order valence-electron chi connectivity index (χ4n) is 2.55. The number of benzene rings is 2. The molecule has 0 radical (unpaired) electrons. The number of nitrogens with one attached hydrogen (secondary N) is 1. The van der Waals surface area contributed by atoms with Crippen LogP contribution in [-0.2, 0) is 21.4 Å². The third-order valence-corrected chi connectivity index (χ3v) is 5.45. The molecule has 154 valence electrons. The average molecular weight is 427 g/mol. The van der Waals surface area contributed by atoms with Gasteiger partial charge in [0.25, 0.3) is 0 Å². The molecule has 0 atom stereocenters. The molecule has 12 heteroatoms. The minimum Gasteiger partial charge on any atom is -0.495 e. The fourth-order valence-corrected chi connectivity index (χ4v) is 3.69. The minimum absolute atomic E-state index is 0.0490. The first-order valence-corrected chi connectivity index (χ1v) is 10.0. The number of tetrazole rings is 1. The molecule has 1 heterocycles. The van der Waals surface area contributed by atoms with E-state index in [0.717, 1.165) is 5.56 Å². The number of carbonyl (C=O) groups is 1. The lowest BCUT2D eigenvalue weighted by Crippen LogP contribution is -2.33. The second-order valence-corrected chi connectivity index (χ2v) is 7.84. The lowest BCUT2D eigenvalue weighted by molar-refractivity contribution is -0.116. The lowest BCUT2D eigenvalue weighted by atomic mass is 10.1. The molecular weight excluding hydrogens is 410 g/mol. The van der Waals surface area contributed by atoms with Crippen LogP contribution in [0.2, 0.25) is 0 Å². The summed E-state index contributed by atoms with van der Waals surface area (Å²) in [5, 5.41) is 21.1. The van der Waals surface area contributed by atoms with Crippen molar-refractivity contribution < 1.29 is 17.9 Å². The monoisotopic (exact) mass is 427 g/mol. The molecule has 11 nitrogen and oxygen atoms in total. The highest BCUT2D eigenvalue weighted by Crippen LogP contribution is 2.28. The summed E-state index contributed by atoms with van der Waals surface area (Å²) in [6, 6.07) is 13.3. The van der Waals surface area contributed by atoms with Gasteiger partial charge in [-0.2, -0.15) is 10.1 Å². The quantitative estimate of drug-likeness (QED) is 0.508. The standard InChI is InChI=1S/C18H17N7O4S/c1-29-15-8-14(6-7-16(15)30(27,28)21-10-17(20)26)18-22-24-25(23-18)11-13-4-2-12(9-19)3-5-13/h2-8,21H,10-11H2,1H3,(H2,20,26). The molecule has 1 aromatic heterocycles. The molecule has 0 unspecified atom stereocenters. The number of sulfonamides is 1. The van der Waals surface area contributed by atoms with Crippen LogP contribution in [0.1, 0.15) is 11.1 Å². The second kappa shape index (κ2) is 8.68. The number of nitriles is 1. The third kappa shape index (κ3) is 4.77. The Morgan fingerprint density at radius 3 is 2.63 bits per heavy atom. The van der Waals surface area contributed by atoms with Gasteiger partial charge >= 0.3 is 0 Å². The van der Waals surface area contributed by atoms with Crippen molar-refractivity contribution in [3.8, 4) is 23.2 Å². The van der Waals surface area contributed by atoms with Crippen LogP contribution in [0, 0.1) is 11.3 Å². The van der Waals surface area contributed by atoms with Crippen LogP contribution in [0.15, 0.2) is 47.4 Å². The van der Waals surface area contributed by atoms with Gasteiger partial charge in [-0.3, -0.25) is 4.79 Å². The molecule has 3 N–H and O–H groups in total. The normalized spacial score (nSPS) is 11.1. The molecule has 0 saturated heterocycles. The second-order valence-electron chi connectivity index (χ2n) is 6.11. The Labute approximate surface area is 172 Å². The van der Waals surface area contributed by atoms with Gasteiger partial charge in [0, 0.05) is 5.56 Å². The van der Waals surface area contributed by atoms with Crippen LogP contribution < -0.4 is 15.2 Å². The number of amides is 1. The molecule has 2 aromatic carbocycles. The van der Waals surface area contributed by atoms with Gasteiger partial charge in [0.15, 0.2) is 0 Å². The third-order valence-electron chi connectivity index (χ3n) is 4.01. The SMILES string of the molecule is COc1cc(-c2nnn(Cc3ccc(C#N)cc3)n2)ccc1S(=O)(=O)NCC(N)=O. The van der Waals surface area contributed by atoms with Gasteiger partial charge < -0.3 is 10.5 Å². The van der Waals surface area contributed by atoms with Gasteiger partial charge in [-0.25, -0.2) is 13.1 Å². The number of hydrogen-bond donors (Lipinski definition) is 2. The zero-order valence-electron chi connectivity index (χ0n) is 15.8. The highest BCUT2D eigenvalue weighted by Gasteiger charge is 2.21. The number of rotatable bonds is 8. The molecule has 0 bridgehead atoms. The summed E-state index contributed by atoms with van der Waals surface area (Å²) >= 11 is 0. The first kappa shape index (κ1) is 20.9. The molecule has 30 heavy (non-hydrogen) atoms. The smallest absolute Gasteiger partial charge is 0.244 e. The summed E-state index contributed by atoms with van der Waals surface area (Å²) in [6.45, 7) is -0.183. The number of carbonyl (C=O) groups excluding carboxylic acids is 1. The molecule has 0 spiro atoms. The number of ether oxygens (including phenoxy) is 1. The highest BCUT2D eigenvalue weighted by atomic mass is 32.2. The summed E-state index contributed by atoms with van der Waals surface area (Å²) in [6.07, 6.45) is 0. The number of methoxy groups -OCH3 is 1. The van der Waals surface area contributed by atoms with Crippen molar-refractivity contribution in [2.24, 2.45) is 5.73 Å². The maximum absolute atomic E-state index is 12.4. The first-order valence-electron chi connectivity index (χ1n) is 8.55. The maximum Gasteiger partial charge on any atom is 0.244 e. The molecule has 0 fully saturated rings. The van der Waals surface area contributed by atoms with E-state index in [1.54, 1.807) is 24.3 Å². The molecule has 3 rings (SSSR count). The zero-order valence-corrected chi connectivity index (χ0v) is 16.6. The van der Waals surface area contributed by atoms with Crippen LogP contribution >= 0.6 is 0 Å². The van der Waals surface area contributed by atoms with E-state index < -0.39 is 22.5 Å². The molecule has 0 saturated carbocycles. The van der Waals surface area contributed by atoms with Crippen molar-refractivity contribution >= 4 is 15.9 Å². The lowest BCUT2D eigenvalue weighted by Gasteiger charge is -2.10. The molecule has 1 amide bonds. The first-order chi connectivity index (χ1) is 14.3. The summed E-state index contributed by atoms with van der Waals surface area (Å²) in [5.41, 5.74) is 6.92. The zero-order chi connectivity index (χ0) is 21.7. The molecule has 0 aliphatic rings. The molecule has 0 aliphatic heterocycles. The topological polar surface area (TPSA) is 166 Å². The summed E-state index contributed by atoms with van der Waals surface area (Å²) in [4.78, 5) is 12.1. The van der Waals surface area contributed by atoms with Gasteiger partial charge in [-0.1, -0.05) is 12.1 Å². The van der Waals surface area contributed by atoms with Crippen molar-refractivity contribution in [3.63, 3.8) is 0 Å². The van der Waals surface area contributed by atoms with Crippen LogP contribution in [0.3, 0.4) is 0 Å². The summed E-state index contributed by atoms with van der Waals surface area (Å²) < 4.78 is 32.0. The van der Waals surface area contributed by atoms with E-state index in [9.17, 15) is 13.2 Å². The Bertz CT molecular complexity index is 1210. The average Bonchev–Trinajstić information content (AvgIpc) is 3.21. The van der Waals surface area contributed by atoms with Crippen molar-refractivity contribution in [2.45, 2.75) is 11.4 Å². The summed E-state index contributed by atoms with van der Waals surface area (Å²) in [5.74, 6) is -0.485. The van der Waals surface area contributed by atoms with Gasteiger partial charge in [0.2, 0.25) is 21.8 Å². The van der Waals surface area contributed by atoms with E-state index in [4.69, 9.17) is 15.7 Å². The van der Waals surface area contributed by atoms with Crippen LogP contribution in [0.25, 0.3) is 11.4 Å². The maximum atomic E-state index is 12.4. The Morgan fingerprint density at radius 2 is 2.00 bits per heavy atom. The summed E-state index contributed by atoms with van der Waals surface area (Å²) in [7, 11) is -2.68. The van der Waals surface area contributed by atoms with Crippen molar-refractivity contribution in [2.75, 3.05) is 13.7 Å². The minimum atomic E-state index is -4.00. The van der Waals surface area contributed by atoms with E-state index in [2.05, 4.69) is 26.2 Å². The van der Waals surface area contributed by atoms with Gasteiger partial charge in [0.05, 0.1) is 31.8 Å². The van der Waals surface area contributed by atoms with Crippen LogP contribution in [0.5, 0.6) is 5.75 Å². The Morgan fingerprint density at radius 1 is 1.27 bits per heavy atom. The van der Waals surface area contributed by atoms with E-state index in [1.165, 1.54) is 30.1 Å². The number of nitrogens with zero attached hydrogens (tertiary/aromatic N) is 5. The van der Waals surface area contributed by atoms with E-state index in [0.29, 0.717) is 17.7 Å². The molecule has 3 aromatic rings. The Hall–Kier alpha value is -3.82. The van der Waals surface area contributed by atoms with Gasteiger partial charge in [-0.05, 0) is 41.1 Å². The number of primary amides is 1. The van der Waals surface area contributed by atoms with E-state index in [-0.39, 0.29) is 16.5 Å². The number of aromatic nitrogens is 4. The van der Waals surface area contributed by atoms with Crippen molar-refractivity contribution in [3.05, 3.63) is 53.6 Å². The highest BCUT2D eigenvalue weighted by molar-refractivity contribution is 7.89. The molecular formula is C18H17N7O4S. The molecule has 0 aliphatic carbocycles. The van der Waals surface area contributed by atoms with Gasteiger partial charge in [-0.15, -0.1) is 10.2 Å². The largest absolute Gasteiger partial charge is 0.495 e. The number of nitrogens with two attached hydrogens (primary N) is 1. The predicted molar refractivity (Wildman–Crippen MR) is 104 cm³/mol. The van der Waals surface area contributed by atoms with Crippen molar-refractivity contribution in [1.29, 1.82) is 5.26 Å². The van der Waals surface area contributed by atoms with Crippen LogP contribution in [0.4, 0.5) is 0 Å². The van der Waals surface area contributed by atoms with Crippen molar-refractivity contribution in [1.82, 2.24) is 24.9 Å². The number of hydrogen-bond acceptors (Lipinski definition) is 8. The predicted octanol–water partition coefficient (Wildman–Crippen LogP) is 0.0323. The van der Waals surface area contributed by atoms with Gasteiger partial charge in [0.1, 0.15) is 10.6 Å². The van der Waals surface area contributed by atoms with Crippen LogP contribution in [-0.4, -0.2) is 48.2 Å². The Kier molecular flexibility index (Phi) is 6.05.